The molecule has 0 spiro atoms. The SMILES string of the molecule is Cc1ccc(C(=O)NCCC(C)N)c(Cl)c1. The monoisotopic (exact) mass is 240 g/mol. The topological polar surface area (TPSA) is 55.1 Å². The number of nitrogens with two attached hydrogens (primary N) is 1. The Hall–Kier alpha value is -1.06. The predicted octanol–water partition coefficient (Wildman–Crippen LogP) is 2.12. The first-order valence-corrected chi connectivity index (χ1v) is 5.68. The fraction of sp³-hybridized carbons (Fsp3) is 0.417. The molecule has 1 aromatic carbocycles. The number of aryl methyl sites for hydroxylation is 1. The quantitative estimate of drug-likeness (QED) is 0.847. The molecule has 16 heavy (non-hydrogen) atoms. The van der Waals surface area contributed by atoms with E-state index in [0.717, 1.165) is 12.0 Å². The molecule has 1 amide bonds. The summed E-state index contributed by atoms with van der Waals surface area (Å²) in [4.78, 5) is 11.7. The van der Waals surface area contributed by atoms with Gasteiger partial charge in [-0.25, -0.2) is 0 Å². The molecule has 1 aromatic rings. The summed E-state index contributed by atoms with van der Waals surface area (Å²) in [7, 11) is 0. The fourth-order valence-electron chi connectivity index (χ4n) is 1.31. The Morgan fingerprint density at radius 3 is 2.81 bits per heavy atom. The lowest BCUT2D eigenvalue weighted by Gasteiger charge is -2.08. The van der Waals surface area contributed by atoms with Crippen molar-refractivity contribution in [2.45, 2.75) is 26.3 Å². The molecule has 0 heterocycles. The number of benzene rings is 1. The third-order valence-corrected chi connectivity index (χ3v) is 2.57. The zero-order valence-electron chi connectivity index (χ0n) is 9.59. The van der Waals surface area contributed by atoms with Crippen LogP contribution in [0.1, 0.15) is 29.3 Å². The van der Waals surface area contributed by atoms with Crippen molar-refractivity contribution in [1.29, 1.82) is 0 Å². The first-order chi connectivity index (χ1) is 7.50. The molecule has 0 bridgehead atoms. The summed E-state index contributed by atoms with van der Waals surface area (Å²) in [6.07, 6.45) is 0.759. The molecule has 3 N–H and O–H groups in total. The van der Waals surface area contributed by atoms with Gasteiger partial charge in [0.2, 0.25) is 0 Å². The van der Waals surface area contributed by atoms with Gasteiger partial charge < -0.3 is 11.1 Å². The molecule has 0 aliphatic heterocycles. The van der Waals surface area contributed by atoms with Crippen molar-refractivity contribution in [3.8, 4) is 0 Å². The molecule has 0 radical (unpaired) electrons. The minimum absolute atomic E-state index is 0.0915. The molecule has 1 atom stereocenters. The van der Waals surface area contributed by atoms with E-state index in [0.29, 0.717) is 17.1 Å². The molecule has 3 nitrogen and oxygen atoms in total. The Kier molecular flexibility index (Phi) is 4.77. The molecule has 1 unspecified atom stereocenters. The maximum atomic E-state index is 11.7. The van der Waals surface area contributed by atoms with Crippen LogP contribution >= 0.6 is 11.6 Å². The smallest absolute Gasteiger partial charge is 0.252 e. The number of hydrogen-bond acceptors (Lipinski definition) is 2. The molecule has 1 rings (SSSR count). The van der Waals surface area contributed by atoms with Crippen molar-refractivity contribution in [3.05, 3.63) is 34.3 Å². The largest absolute Gasteiger partial charge is 0.352 e. The average molecular weight is 241 g/mol. The Morgan fingerprint density at radius 2 is 2.25 bits per heavy atom. The van der Waals surface area contributed by atoms with Gasteiger partial charge in [0.15, 0.2) is 0 Å². The zero-order valence-corrected chi connectivity index (χ0v) is 10.3. The van der Waals surface area contributed by atoms with E-state index in [1.54, 1.807) is 12.1 Å². The van der Waals surface area contributed by atoms with Gasteiger partial charge in [0.1, 0.15) is 0 Å². The van der Waals surface area contributed by atoms with Crippen LogP contribution in [0.25, 0.3) is 0 Å². The Labute approximate surface area is 101 Å². The van der Waals surface area contributed by atoms with E-state index >= 15 is 0 Å². The maximum Gasteiger partial charge on any atom is 0.252 e. The average Bonchev–Trinajstić information content (AvgIpc) is 2.16. The van der Waals surface area contributed by atoms with Crippen LogP contribution in [0.15, 0.2) is 18.2 Å². The van der Waals surface area contributed by atoms with Crippen molar-refractivity contribution in [3.63, 3.8) is 0 Å². The van der Waals surface area contributed by atoms with Crippen LogP contribution < -0.4 is 11.1 Å². The summed E-state index contributed by atoms with van der Waals surface area (Å²) >= 11 is 5.98. The molecular formula is C12H17ClN2O. The van der Waals surface area contributed by atoms with Crippen molar-refractivity contribution < 1.29 is 4.79 Å². The van der Waals surface area contributed by atoms with Gasteiger partial charge in [-0.15, -0.1) is 0 Å². The Morgan fingerprint density at radius 1 is 1.56 bits per heavy atom. The van der Waals surface area contributed by atoms with Gasteiger partial charge >= 0.3 is 0 Å². The van der Waals surface area contributed by atoms with Gasteiger partial charge in [-0.3, -0.25) is 4.79 Å². The highest BCUT2D eigenvalue weighted by atomic mass is 35.5. The number of hydrogen-bond donors (Lipinski definition) is 2. The van der Waals surface area contributed by atoms with Crippen LogP contribution in [-0.4, -0.2) is 18.5 Å². The molecule has 0 aliphatic rings. The molecule has 0 saturated carbocycles. The first kappa shape index (κ1) is 13.0. The number of carbonyl (C=O) groups is 1. The van der Waals surface area contributed by atoms with E-state index in [-0.39, 0.29) is 11.9 Å². The number of amides is 1. The normalized spacial score (nSPS) is 12.2. The maximum absolute atomic E-state index is 11.7. The van der Waals surface area contributed by atoms with Crippen LogP contribution in [-0.2, 0) is 0 Å². The van der Waals surface area contributed by atoms with Gasteiger partial charge in [0.25, 0.3) is 5.91 Å². The lowest BCUT2D eigenvalue weighted by molar-refractivity contribution is 0.0953. The third-order valence-electron chi connectivity index (χ3n) is 2.25. The summed E-state index contributed by atoms with van der Waals surface area (Å²) in [6, 6.07) is 5.47. The summed E-state index contributed by atoms with van der Waals surface area (Å²) in [5, 5.41) is 3.27. The van der Waals surface area contributed by atoms with E-state index in [1.165, 1.54) is 0 Å². The number of nitrogens with one attached hydrogen (secondary N) is 1. The second kappa shape index (κ2) is 5.87. The zero-order chi connectivity index (χ0) is 12.1. The molecule has 0 aliphatic carbocycles. The van der Waals surface area contributed by atoms with Crippen molar-refractivity contribution in [2.75, 3.05) is 6.54 Å². The third kappa shape index (κ3) is 3.83. The highest BCUT2D eigenvalue weighted by molar-refractivity contribution is 6.33. The Bertz CT molecular complexity index is 377. The van der Waals surface area contributed by atoms with Gasteiger partial charge in [0, 0.05) is 12.6 Å². The van der Waals surface area contributed by atoms with Gasteiger partial charge in [0.05, 0.1) is 10.6 Å². The lowest BCUT2D eigenvalue weighted by atomic mass is 10.1. The Balaban J connectivity index is 2.59. The van der Waals surface area contributed by atoms with Crippen molar-refractivity contribution in [2.24, 2.45) is 5.73 Å². The summed E-state index contributed by atoms with van der Waals surface area (Å²) in [5.74, 6) is -0.148. The van der Waals surface area contributed by atoms with Crippen LogP contribution in [0.5, 0.6) is 0 Å². The molecule has 0 fully saturated rings. The van der Waals surface area contributed by atoms with Gasteiger partial charge in [-0.1, -0.05) is 17.7 Å². The van der Waals surface area contributed by atoms with Crippen molar-refractivity contribution in [1.82, 2.24) is 5.32 Å². The first-order valence-electron chi connectivity index (χ1n) is 5.30. The van der Waals surface area contributed by atoms with E-state index in [1.807, 2.05) is 19.9 Å². The van der Waals surface area contributed by atoms with Gasteiger partial charge in [-0.05, 0) is 38.0 Å². The number of rotatable bonds is 4. The second-order valence-electron chi connectivity index (χ2n) is 4.01. The summed E-state index contributed by atoms with van der Waals surface area (Å²) in [5.41, 5.74) is 7.14. The van der Waals surface area contributed by atoms with Crippen molar-refractivity contribution >= 4 is 17.5 Å². The summed E-state index contributed by atoms with van der Waals surface area (Å²) < 4.78 is 0. The molecule has 0 aromatic heterocycles. The van der Waals surface area contributed by atoms with Crippen LogP contribution in [0.4, 0.5) is 0 Å². The molecule has 0 saturated heterocycles. The van der Waals surface area contributed by atoms with E-state index in [2.05, 4.69) is 5.32 Å². The minimum Gasteiger partial charge on any atom is -0.352 e. The van der Waals surface area contributed by atoms with Gasteiger partial charge in [-0.2, -0.15) is 0 Å². The lowest BCUT2D eigenvalue weighted by Crippen LogP contribution is -2.29. The standard InChI is InChI=1S/C12H17ClN2O/c1-8-3-4-10(11(13)7-8)12(16)15-6-5-9(2)14/h3-4,7,9H,5-6,14H2,1-2H3,(H,15,16). The predicted molar refractivity (Wildman–Crippen MR) is 66.8 cm³/mol. The summed E-state index contributed by atoms with van der Waals surface area (Å²) in [6.45, 7) is 4.41. The molecule has 4 heteroatoms. The highest BCUT2D eigenvalue weighted by Crippen LogP contribution is 2.17. The minimum atomic E-state index is -0.148. The molecular weight excluding hydrogens is 224 g/mol. The van der Waals surface area contributed by atoms with Crippen LogP contribution in [0.2, 0.25) is 5.02 Å². The van der Waals surface area contributed by atoms with Crippen LogP contribution in [0.3, 0.4) is 0 Å². The number of halogens is 1. The van der Waals surface area contributed by atoms with E-state index in [4.69, 9.17) is 17.3 Å². The highest BCUT2D eigenvalue weighted by Gasteiger charge is 2.09. The fourth-order valence-corrected chi connectivity index (χ4v) is 1.63. The molecule has 88 valence electrons. The second-order valence-corrected chi connectivity index (χ2v) is 4.41. The van der Waals surface area contributed by atoms with E-state index in [9.17, 15) is 4.79 Å². The van der Waals surface area contributed by atoms with E-state index < -0.39 is 0 Å². The van der Waals surface area contributed by atoms with Crippen LogP contribution in [0, 0.1) is 6.92 Å². The number of carbonyl (C=O) groups excluding carboxylic acids is 1.